The molecule has 3 nitrogen and oxygen atoms in total. The maximum Gasteiger partial charge on any atom is -0.00190 e. The fourth-order valence-corrected chi connectivity index (χ4v) is 2.01. The van der Waals surface area contributed by atoms with Crippen molar-refractivity contribution in [3.05, 3.63) is 0 Å². The van der Waals surface area contributed by atoms with Crippen molar-refractivity contribution < 1.29 is 0 Å². The zero-order chi connectivity index (χ0) is 13.4. The first kappa shape index (κ1) is 19.2. The van der Waals surface area contributed by atoms with Crippen LogP contribution in [0, 0.1) is 0 Å². The van der Waals surface area contributed by atoms with Gasteiger partial charge in [0, 0.05) is 0 Å². The van der Waals surface area contributed by atoms with Crippen LogP contribution >= 0.6 is 0 Å². The lowest BCUT2D eigenvalue weighted by Gasteiger charge is -2.17. The predicted molar refractivity (Wildman–Crippen MR) is 78.8 cm³/mol. The molecule has 0 aliphatic heterocycles. The van der Waals surface area contributed by atoms with Gasteiger partial charge in [0.1, 0.15) is 0 Å². The van der Waals surface area contributed by atoms with Gasteiger partial charge in [-0.15, -0.1) is 0 Å². The van der Waals surface area contributed by atoms with E-state index in [4.69, 9.17) is 0 Å². The minimum absolute atomic E-state index is 1.22. The fourth-order valence-electron chi connectivity index (χ4n) is 2.01. The third-order valence-electron chi connectivity index (χ3n) is 3.22. The van der Waals surface area contributed by atoms with Gasteiger partial charge >= 0.3 is 0 Å². The monoisotopic (exact) mass is 245 g/mol. The zero-order valence-corrected chi connectivity index (χ0v) is 12.4. The number of nitrogens with zero attached hydrogens (tertiary/aromatic N) is 1. The molecule has 0 aromatic rings. The average Bonchev–Trinajstić information content (AvgIpc) is 2.39. The molecule has 0 bridgehead atoms. The lowest BCUT2D eigenvalue weighted by Crippen LogP contribution is -2.23. The summed E-state index contributed by atoms with van der Waals surface area (Å²) in [5.74, 6) is 8.00. The van der Waals surface area contributed by atoms with Crippen LogP contribution in [0.15, 0.2) is 0 Å². The van der Waals surface area contributed by atoms with Crippen molar-refractivity contribution in [2.45, 2.75) is 72.1 Å². The topological polar surface area (TPSA) is 55.3 Å². The van der Waals surface area contributed by atoms with Crippen molar-refractivity contribution in [1.29, 1.82) is 0 Å². The molecule has 0 unspecified atom stereocenters. The highest BCUT2D eigenvalue weighted by Crippen LogP contribution is 2.08. The molecule has 0 atom stereocenters. The summed E-state index contributed by atoms with van der Waals surface area (Å²) in [4.78, 5) is 2.52. The van der Waals surface area contributed by atoms with E-state index < -0.39 is 0 Å². The summed E-state index contributed by atoms with van der Waals surface area (Å²) in [6.45, 7) is 10.5. The lowest BCUT2D eigenvalue weighted by atomic mass is 10.1. The number of unbranched alkanes of at least 4 members (excludes halogenated alkanes) is 7. The zero-order valence-electron chi connectivity index (χ0n) is 12.4. The van der Waals surface area contributed by atoms with Crippen LogP contribution < -0.4 is 11.7 Å². The molecule has 0 saturated carbocycles. The molecule has 0 saturated heterocycles. The van der Waals surface area contributed by atoms with E-state index in [1.54, 1.807) is 0 Å². The Hall–Kier alpha value is -0.120. The van der Waals surface area contributed by atoms with Crippen molar-refractivity contribution in [3.8, 4) is 0 Å². The van der Waals surface area contributed by atoms with Gasteiger partial charge < -0.3 is 4.90 Å². The van der Waals surface area contributed by atoms with E-state index in [1.807, 2.05) is 0 Å². The Morgan fingerprint density at radius 3 is 1.47 bits per heavy atom. The van der Waals surface area contributed by atoms with Gasteiger partial charge in [-0.25, -0.2) is 0 Å². The standard InChI is InChI=1S/C14H31N.H4N2/c1-4-7-8-9-10-11-12-13-14-15(5-2)6-3;1-2/h4-14H2,1-3H3;1-2H2. The van der Waals surface area contributed by atoms with Gasteiger partial charge in [-0.2, -0.15) is 0 Å². The van der Waals surface area contributed by atoms with Crippen LogP contribution in [-0.2, 0) is 0 Å². The van der Waals surface area contributed by atoms with Crippen LogP contribution in [0.1, 0.15) is 72.1 Å². The normalized spacial score (nSPS) is 10.2. The molecule has 0 fully saturated rings. The molecular weight excluding hydrogens is 210 g/mol. The van der Waals surface area contributed by atoms with Crippen molar-refractivity contribution in [1.82, 2.24) is 4.90 Å². The van der Waals surface area contributed by atoms with E-state index >= 15 is 0 Å². The van der Waals surface area contributed by atoms with Gasteiger partial charge in [0.25, 0.3) is 0 Å². The molecule has 3 heteroatoms. The summed E-state index contributed by atoms with van der Waals surface area (Å²) in [6.07, 6.45) is 11.4. The molecule has 106 valence electrons. The van der Waals surface area contributed by atoms with E-state index in [-0.39, 0.29) is 0 Å². The van der Waals surface area contributed by atoms with Crippen molar-refractivity contribution in [3.63, 3.8) is 0 Å². The molecule has 0 spiro atoms. The van der Waals surface area contributed by atoms with Crippen molar-refractivity contribution in [2.75, 3.05) is 19.6 Å². The maximum atomic E-state index is 4.00. The van der Waals surface area contributed by atoms with Gasteiger partial charge in [-0.1, -0.05) is 65.7 Å². The Labute approximate surface area is 109 Å². The summed E-state index contributed by atoms with van der Waals surface area (Å²) >= 11 is 0. The molecule has 0 aromatic carbocycles. The number of hydrogen-bond donors (Lipinski definition) is 2. The molecular formula is C14H35N3. The second-order valence-electron chi connectivity index (χ2n) is 4.50. The third-order valence-corrected chi connectivity index (χ3v) is 3.22. The van der Waals surface area contributed by atoms with Gasteiger partial charge in [0.2, 0.25) is 0 Å². The highest BCUT2D eigenvalue weighted by atomic mass is 15.1. The third kappa shape index (κ3) is 15.9. The molecule has 0 amide bonds. The molecule has 0 radical (unpaired) electrons. The van der Waals surface area contributed by atoms with Crippen molar-refractivity contribution in [2.24, 2.45) is 11.7 Å². The predicted octanol–water partition coefficient (Wildman–Crippen LogP) is 3.29. The van der Waals surface area contributed by atoms with Crippen LogP contribution in [0.5, 0.6) is 0 Å². The highest BCUT2D eigenvalue weighted by molar-refractivity contribution is 4.53. The molecule has 0 rings (SSSR count). The van der Waals surface area contributed by atoms with Crippen LogP contribution in [0.3, 0.4) is 0 Å². The minimum Gasteiger partial charge on any atom is -0.304 e. The van der Waals surface area contributed by atoms with Crippen LogP contribution in [0.2, 0.25) is 0 Å². The second kappa shape index (κ2) is 18.3. The Morgan fingerprint density at radius 2 is 1.06 bits per heavy atom. The number of nitrogens with two attached hydrogens (primary N) is 2. The number of hydrogen-bond acceptors (Lipinski definition) is 3. The Bertz CT molecular complexity index is 114. The minimum atomic E-state index is 1.22. The molecule has 0 aliphatic rings. The first-order chi connectivity index (χ1) is 8.35. The quantitative estimate of drug-likeness (QED) is 0.334. The van der Waals surface area contributed by atoms with Crippen LogP contribution in [0.4, 0.5) is 0 Å². The average molecular weight is 245 g/mol. The number of hydrazine groups is 1. The maximum absolute atomic E-state index is 4.00. The Balaban J connectivity index is 0. The first-order valence-electron chi connectivity index (χ1n) is 7.40. The summed E-state index contributed by atoms with van der Waals surface area (Å²) in [5, 5.41) is 0. The summed E-state index contributed by atoms with van der Waals surface area (Å²) in [5.41, 5.74) is 0. The summed E-state index contributed by atoms with van der Waals surface area (Å²) in [6, 6.07) is 0. The molecule has 4 N–H and O–H groups in total. The Morgan fingerprint density at radius 1 is 0.647 bits per heavy atom. The number of rotatable bonds is 11. The van der Waals surface area contributed by atoms with Gasteiger partial charge in [-0.3, -0.25) is 11.7 Å². The van der Waals surface area contributed by atoms with Crippen LogP contribution in [0.25, 0.3) is 0 Å². The van der Waals surface area contributed by atoms with E-state index in [0.29, 0.717) is 0 Å². The van der Waals surface area contributed by atoms with E-state index in [0.717, 1.165) is 0 Å². The lowest BCUT2D eigenvalue weighted by molar-refractivity contribution is 0.295. The van der Waals surface area contributed by atoms with Gasteiger partial charge in [-0.05, 0) is 26.1 Å². The first-order valence-corrected chi connectivity index (χ1v) is 7.40. The molecule has 0 heterocycles. The largest absolute Gasteiger partial charge is 0.304 e. The van der Waals surface area contributed by atoms with E-state index in [1.165, 1.54) is 71.0 Å². The highest BCUT2D eigenvalue weighted by Gasteiger charge is 1.97. The summed E-state index contributed by atoms with van der Waals surface area (Å²) < 4.78 is 0. The second-order valence-corrected chi connectivity index (χ2v) is 4.50. The molecule has 17 heavy (non-hydrogen) atoms. The molecule has 0 aliphatic carbocycles. The van der Waals surface area contributed by atoms with E-state index in [2.05, 4.69) is 37.4 Å². The van der Waals surface area contributed by atoms with E-state index in [9.17, 15) is 0 Å². The summed E-state index contributed by atoms with van der Waals surface area (Å²) in [7, 11) is 0. The SMILES string of the molecule is CCCCCCCCCCN(CC)CC.NN. The smallest absolute Gasteiger partial charge is 0.00190 e. The van der Waals surface area contributed by atoms with Gasteiger partial charge in [0.15, 0.2) is 0 Å². The van der Waals surface area contributed by atoms with Crippen molar-refractivity contribution >= 4 is 0 Å². The van der Waals surface area contributed by atoms with Crippen LogP contribution in [-0.4, -0.2) is 24.5 Å². The van der Waals surface area contributed by atoms with Gasteiger partial charge in [0.05, 0.1) is 0 Å². The molecule has 0 aromatic heterocycles. The Kier molecular flexibility index (Phi) is 20.6. The fraction of sp³-hybridized carbons (Fsp3) is 1.00.